The van der Waals surface area contributed by atoms with Crippen LogP contribution in [0.2, 0.25) is 0 Å². The van der Waals surface area contributed by atoms with Gasteiger partial charge in [-0.25, -0.2) is 9.97 Å². The first-order chi connectivity index (χ1) is 12.3. The summed E-state index contributed by atoms with van der Waals surface area (Å²) in [7, 11) is 1.75. The number of benzene rings is 1. The third-order valence-corrected chi connectivity index (χ3v) is 4.10. The van der Waals surface area contributed by atoms with Crippen molar-refractivity contribution in [2.45, 2.75) is 6.92 Å². The van der Waals surface area contributed by atoms with Crippen molar-refractivity contribution in [2.24, 2.45) is 4.99 Å². The van der Waals surface area contributed by atoms with Gasteiger partial charge in [-0.2, -0.15) is 0 Å². The molecule has 3 aromatic heterocycles. The van der Waals surface area contributed by atoms with Gasteiger partial charge in [0.05, 0.1) is 22.1 Å². The molecule has 0 unspecified atom stereocenters. The highest BCUT2D eigenvalue weighted by molar-refractivity contribution is 6.15. The Hall–Kier alpha value is -3.41. The molecule has 0 aliphatic rings. The lowest BCUT2D eigenvalue weighted by atomic mass is 10.0. The van der Waals surface area contributed by atoms with Gasteiger partial charge in [0.25, 0.3) is 0 Å². The fraction of sp³-hybridized carbons (Fsp3) is 0.105. The Labute approximate surface area is 144 Å². The largest absolute Gasteiger partial charge is 0.345 e. The number of allylic oxidation sites excluding steroid dienone is 2. The van der Waals surface area contributed by atoms with Crippen LogP contribution in [0.25, 0.3) is 38.8 Å². The Morgan fingerprint density at radius 2 is 1.92 bits per heavy atom. The van der Waals surface area contributed by atoms with Gasteiger partial charge < -0.3 is 4.98 Å². The Bertz CT molecular complexity index is 1120. The minimum Gasteiger partial charge on any atom is -0.345 e. The van der Waals surface area contributed by atoms with Crippen LogP contribution in [0.5, 0.6) is 0 Å². The van der Waals surface area contributed by atoms with E-state index in [9.17, 15) is 0 Å². The number of nitrogens with zero attached hydrogens (tertiary/aromatic N) is 5. The van der Waals surface area contributed by atoms with Gasteiger partial charge in [0.2, 0.25) is 0 Å². The van der Waals surface area contributed by atoms with Crippen LogP contribution in [0.4, 0.5) is 0 Å². The van der Waals surface area contributed by atoms with Gasteiger partial charge in [-0.3, -0.25) is 15.0 Å². The summed E-state index contributed by atoms with van der Waals surface area (Å²) in [4.78, 5) is 25.0. The van der Waals surface area contributed by atoms with E-state index >= 15 is 0 Å². The van der Waals surface area contributed by atoms with Crippen LogP contribution < -0.4 is 0 Å². The van der Waals surface area contributed by atoms with E-state index in [4.69, 9.17) is 0 Å². The number of aliphatic imine (C=N–C) groups is 1. The monoisotopic (exact) mass is 328 g/mol. The molecule has 4 aromatic rings. The zero-order valence-corrected chi connectivity index (χ0v) is 13.9. The lowest BCUT2D eigenvalue weighted by molar-refractivity contribution is 1.18. The molecule has 0 fully saturated rings. The molecule has 1 N–H and O–H groups in total. The Morgan fingerprint density at radius 1 is 1.08 bits per heavy atom. The maximum Gasteiger partial charge on any atom is 0.141 e. The smallest absolute Gasteiger partial charge is 0.141 e. The Morgan fingerprint density at radius 3 is 2.72 bits per heavy atom. The van der Waals surface area contributed by atoms with Gasteiger partial charge in [-0.1, -0.05) is 12.1 Å². The van der Waals surface area contributed by atoms with Crippen molar-refractivity contribution < 1.29 is 0 Å². The number of H-pyrrole nitrogens is 1. The summed E-state index contributed by atoms with van der Waals surface area (Å²) in [5.41, 5.74) is 6.40. The van der Waals surface area contributed by atoms with Crippen molar-refractivity contribution in [2.75, 3.05) is 7.05 Å². The van der Waals surface area contributed by atoms with Gasteiger partial charge >= 0.3 is 0 Å². The highest BCUT2D eigenvalue weighted by atomic mass is 14.9. The van der Waals surface area contributed by atoms with E-state index in [-0.39, 0.29) is 0 Å². The zero-order chi connectivity index (χ0) is 17.2. The van der Waals surface area contributed by atoms with E-state index in [0.29, 0.717) is 0 Å². The molecule has 0 amide bonds. The number of aromatic nitrogens is 5. The van der Waals surface area contributed by atoms with Crippen LogP contribution >= 0.6 is 0 Å². The normalized spacial score (nSPS) is 12.5. The first kappa shape index (κ1) is 15.1. The second-order valence-electron chi connectivity index (χ2n) is 5.54. The molecular formula is C19H16N6. The topological polar surface area (TPSA) is 79.7 Å². The van der Waals surface area contributed by atoms with Crippen molar-refractivity contribution in [3.05, 3.63) is 54.9 Å². The van der Waals surface area contributed by atoms with Crippen LogP contribution in [-0.2, 0) is 0 Å². The Kier molecular flexibility index (Phi) is 3.78. The minimum absolute atomic E-state index is 0.795. The number of aromatic amines is 1. The van der Waals surface area contributed by atoms with E-state index in [1.807, 2.05) is 43.6 Å². The molecule has 3 heterocycles. The fourth-order valence-corrected chi connectivity index (χ4v) is 2.95. The number of hydrogen-bond donors (Lipinski definition) is 1. The molecule has 0 saturated heterocycles. The molecular weight excluding hydrogens is 312 g/mol. The summed E-state index contributed by atoms with van der Waals surface area (Å²) in [5.74, 6) is 0. The van der Waals surface area contributed by atoms with Crippen molar-refractivity contribution in [3.8, 4) is 11.1 Å². The maximum atomic E-state index is 4.50. The molecule has 0 aliphatic carbocycles. The summed E-state index contributed by atoms with van der Waals surface area (Å²) in [6, 6.07) is 6.05. The Balaban J connectivity index is 1.98. The predicted molar refractivity (Wildman–Crippen MR) is 100 cm³/mol. The predicted octanol–water partition coefficient (Wildman–Crippen LogP) is 3.67. The molecule has 6 heteroatoms. The average molecular weight is 328 g/mol. The molecule has 0 saturated carbocycles. The third kappa shape index (κ3) is 2.57. The summed E-state index contributed by atoms with van der Waals surface area (Å²) in [6.45, 7) is 1.98. The maximum absolute atomic E-state index is 4.50. The molecule has 0 aliphatic heterocycles. The number of fused-ring (bicyclic) bond motifs is 2. The molecule has 122 valence electrons. The van der Waals surface area contributed by atoms with Crippen molar-refractivity contribution in [1.29, 1.82) is 0 Å². The van der Waals surface area contributed by atoms with Crippen LogP contribution in [0, 0.1) is 0 Å². The summed E-state index contributed by atoms with van der Waals surface area (Å²) in [6.07, 6.45) is 10.7. The number of nitrogens with one attached hydrogen (secondary N) is 1. The van der Waals surface area contributed by atoms with Crippen molar-refractivity contribution in [1.82, 2.24) is 24.9 Å². The standard InChI is InChI=1S/C19H16N6/c1-3-12(9-20-2)18-17-14(10-23-19(17)25-11-24-18)13-4-5-15-16(8-13)22-7-6-21-15/h3-11H,1-2H3,(H,23,24,25)/b12-3+,20-9?. The van der Waals surface area contributed by atoms with E-state index < -0.39 is 0 Å². The lowest BCUT2D eigenvalue weighted by Crippen LogP contribution is -1.94. The number of rotatable bonds is 3. The van der Waals surface area contributed by atoms with Crippen molar-refractivity contribution in [3.63, 3.8) is 0 Å². The lowest BCUT2D eigenvalue weighted by Gasteiger charge is -2.06. The first-order valence-corrected chi connectivity index (χ1v) is 7.94. The van der Waals surface area contributed by atoms with E-state index in [0.717, 1.165) is 44.5 Å². The van der Waals surface area contributed by atoms with Crippen molar-refractivity contribution >= 4 is 33.9 Å². The van der Waals surface area contributed by atoms with E-state index in [1.54, 1.807) is 25.8 Å². The fourth-order valence-electron chi connectivity index (χ4n) is 2.95. The molecule has 0 radical (unpaired) electrons. The van der Waals surface area contributed by atoms with Gasteiger partial charge in [0, 0.05) is 43.0 Å². The van der Waals surface area contributed by atoms with Crippen LogP contribution in [-0.4, -0.2) is 38.2 Å². The quantitative estimate of drug-likeness (QED) is 0.582. The highest BCUT2D eigenvalue weighted by Crippen LogP contribution is 2.32. The third-order valence-electron chi connectivity index (χ3n) is 4.10. The molecule has 25 heavy (non-hydrogen) atoms. The second kappa shape index (κ2) is 6.24. The summed E-state index contributed by atoms with van der Waals surface area (Å²) >= 11 is 0. The molecule has 0 spiro atoms. The van der Waals surface area contributed by atoms with Gasteiger partial charge in [0.15, 0.2) is 0 Å². The second-order valence-corrected chi connectivity index (χ2v) is 5.54. The van der Waals surface area contributed by atoms with Crippen LogP contribution in [0.3, 0.4) is 0 Å². The first-order valence-electron chi connectivity index (χ1n) is 7.94. The number of hydrogen-bond acceptors (Lipinski definition) is 5. The highest BCUT2D eigenvalue weighted by Gasteiger charge is 2.15. The average Bonchev–Trinajstić information content (AvgIpc) is 3.10. The molecule has 0 atom stereocenters. The zero-order valence-electron chi connectivity index (χ0n) is 13.9. The summed E-state index contributed by atoms with van der Waals surface area (Å²) < 4.78 is 0. The van der Waals surface area contributed by atoms with Gasteiger partial charge in [-0.15, -0.1) is 0 Å². The molecule has 6 nitrogen and oxygen atoms in total. The SMILES string of the molecule is C/C=C(\C=NC)c1ncnc2[nH]cc(-c3ccc4nccnc4c3)c12. The van der Waals surface area contributed by atoms with Gasteiger partial charge in [0.1, 0.15) is 12.0 Å². The van der Waals surface area contributed by atoms with Crippen LogP contribution in [0.15, 0.2) is 54.2 Å². The summed E-state index contributed by atoms with van der Waals surface area (Å²) in [5, 5.41) is 0.971. The van der Waals surface area contributed by atoms with E-state index in [1.165, 1.54) is 0 Å². The molecule has 1 aromatic carbocycles. The minimum atomic E-state index is 0.795. The molecule has 4 rings (SSSR count). The molecule has 0 bridgehead atoms. The van der Waals surface area contributed by atoms with Gasteiger partial charge in [-0.05, 0) is 24.6 Å². The van der Waals surface area contributed by atoms with E-state index in [2.05, 4.69) is 29.9 Å². The van der Waals surface area contributed by atoms with Crippen LogP contribution in [0.1, 0.15) is 12.6 Å².